The van der Waals surface area contributed by atoms with E-state index >= 15 is 0 Å². The zero-order valence-corrected chi connectivity index (χ0v) is 19.4. The van der Waals surface area contributed by atoms with Crippen LogP contribution in [0.5, 0.6) is 11.6 Å². The summed E-state index contributed by atoms with van der Waals surface area (Å²) in [6.45, 7) is 0.282. The third-order valence-electron chi connectivity index (χ3n) is 6.19. The van der Waals surface area contributed by atoms with Crippen LogP contribution in [0.15, 0.2) is 48.7 Å². The molecule has 1 aliphatic carbocycles. The van der Waals surface area contributed by atoms with Gasteiger partial charge in [-0.1, -0.05) is 12.1 Å². The molecular weight excluding hydrogens is 446 g/mol. The number of hydrogen-bond acceptors (Lipinski definition) is 7. The summed E-state index contributed by atoms with van der Waals surface area (Å²) in [5.41, 5.74) is 9.73. The normalized spacial score (nSPS) is 13.9. The molecule has 0 spiro atoms. The molecule has 0 aliphatic heterocycles. The SMILES string of the molecule is COCc1cc(C(N)=O)ccc1Nc1nc(OC2CCCC2)c2c(-c3ccc(O)cc3)c[nH]c2n1. The van der Waals surface area contributed by atoms with Crippen LogP contribution in [0.3, 0.4) is 0 Å². The highest BCUT2D eigenvalue weighted by Gasteiger charge is 2.22. The maximum Gasteiger partial charge on any atom is 0.248 e. The number of ether oxygens (including phenoxy) is 2. The van der Waals surface area contributed by atoms with Crippen LogP contribution in [-0.4, -0.2) is 39.2 Å². The van der Waals surface area contributed by atoms with Crippen LogP contribution in [0.4, 0.5) is 11.6 Å². The summed E-state index contributed by atoms with van der Waals surface area (Å²) < 4.78 is 11.7. The van der Waals surface area contributed by atoms with E-state index < -0.39 is 5.91 Å². The summed E-state index contributed by atoms with van der Waals surface area (Å²) in [5.74, 6) is 0.546. The number of nitrogens with two attached hydrogens (primary N) is 1. The van der Waals surface area contributed by atoms with E-state index in [1.54, 1.807) is 37.4 Å². The van der Waals surface area contributed by atoms with Crippen molar-refractivity contribution in [1.29, 1.82) is 0 Å². The van der Waals surface area contributed by atoms with Gasteiger partial charge >= 0.3 is 0 Å². The van der Waals surface area contributed by atoms with E-state index in [1.165, 1.54) is 0 Å². The number of fused-ring (bicyclic) bond motifs is 1. The number of primary amides is 1. The second-order valence-corrected chi connectivity index (χ2v) is 8.64. The first-order valence-electron chi connectivity index (χ1n) is 11.6. The van der Waals surface area contributed by atoms with Crippen molar-refractivity contribution in [2.75, 3.05) is 12.4 Å². The molecule has 0 atom stereocenters. The average Bonchev–Trinajstić information content (AvgIpc) is 3.51. The molecule has 0 saturated heterocycles. The quantitative estimate of drug-likeness (QED) is 0.293. The van der Waals surface area contributed by atoms with Crippen molar-refractivity contribution in [3.63, 3.8) is 0 Å². The highest BCUT2D eigenvalue weighted by molar-refractivity contribution is 5.98. The highest BCUT2D eigenvalue weighted by Crippen LogP contribution is 2.37. The Hall–Kier alpha value is -4.11. The molecule has 35 heavy (non-hydrogen) atoms. The van der Waals surface area contributed by atoms with Gasteiger partial charge in [-0.25, -0.2) is 0 Å². The number of aromatic amines is 1. The second-order valence-electron chi connectivity index (χ2n) is 8.64. The van der Waals surface area contributed by atoms with Crippen molar-refractivity contribution in [3.8, 4) is 22.8 Å². The maximum atomic E-state index is 11.6. The third-order valence-corrected chi connectivity index (χ3v) is 6.19. The Kier molecular flexibility index (Phi) is 6.24. The molecule has 1 saturated carbocycles. The van der Waals surface area contributed by atoms with Gasteiger partial charge < -0.3 is 30.6 Å². The summed E-state index contributed by atoms with van der Waals surface area (Å²) in [4.78, 5) is 24.3. The Bertz CT molecular complexity index is 1360. The first kappa shape index (κ1) is 22.7. The van der Waals surface area contributed by atoms with Gasteiger partial charge in [-0.15, -0.1) is 0 Å². The minimum atomic E-state index is -0.507. The molecule has 2 aromatic heterocycles. The minimum absolute atomic E-state index is 0.0995. The van der Waals surface area contributed by atoms with Gasteiger partial charge in [-0.3, -0.25) is 4.79 Å². The molecule has 5 N–H and O–H groups in total. The van der Waals surface area contributed by atoms with Crippen molar-refractivity contribution in [3.05, 3.63) is 59.8 Å². The lowest BCUT2D eigenvalue weighted by Crippen LogP contribution is -2.14. The number of amides is 1. The number of aromatic nitrogens is 3. The first-order chi connectivity index (χ1) is 17.0. The molecule has 9 nitrogen and oxygen atoms in total. The molecule has 9 heteroatoms. The van der Waals surface area contributed by atoms with Gasteiger partial charge in [0.15, 0.2) is 0 Å². The number of carbonyl (C=O) groups is 1. The van der Waals surface area contributed by atoms with Gasteiger partial charge in [0.1, 0.15) is 17.5 Å². The van der Waals surface area contributed by atoms with Crippen molar-refractivity contribution in [2.45, 2.75) is 38.4 Å². The van der Waals surface area contributed by atoms with E-state index in [9.17, 15) is 9.90 Å². The Morgan fingerprint density at radius 3 is 2.66 bits per heavy atom. The lowest BCUT2D eigenvalue weighted by molar-refractivity contribution is 0.1000. The number of aromatic hydroxyl groups is 1. The van der Waals surface area contributed by atoms with Gasteiger partial charge in [0, 0.05) is 35.7 Å². The number of carbonyl (C=O) groups excluding carboxylic acids is 1. The standard InChI is InChI=1S/C26H27N5O4/c1-34-14-17-12-16(23(27)33)8-11-21(17)29-26-30-24-22(25(31-26)35-19-4-2-3-5-19)20(13-28-24)15-6-9-18(32)10-7-15/h6-13,19,32H,2-5,14H2,1H3,(H2,27,33)(H2,28,29,30,31). The molecular formula is C26H27N5O4. The zero-order valence-electron chi connectivity index (χ0n) is 19.4. The van der Waals surface area contributed by atoms with E-state index in [-0.39, 0.29) is 18.5 Å². The molecule has 2 heterocycles. The Morgan fingerprint density at radius 2 is 1.94 bits per heavy atom. The number of H-pyrrole nitrogens is 1. The molecule has 1 aliphatic rings. The van der Waals surface area contributed by atoms with Crippen LogP contribution in [-0.2, 0) is 11.3 Å². The van der Waals surface area contributed by atoms with Crippen LogP contribution in [0.2, 0.25) is 0 Å². The number of anilines is 2. The van der Waals surface area contributed by atoms with Crippen LogP contribution >= 0.6 is 0 Å². The van der Waals surface area contributed by atoms with Gasteiger partial charge in [-0.2, -0.15) is 9.97 Å². The first-order valence-corrected chi connectivity index (χ1v) is 11.6. The third kappa shape index (κ3) is 4.76. The predicted molar refractivity (Wildman–Crippen MR) is 133 cm³/mol. The number of hydrogen-bond donors (Lipinski definition) is 4. The number of rotatable bonds is 8. The van der Waals surface area contributed by atoms with Crippen molar-refractivity contribution in [1.82, 2.24) is 15.0 Å². The lowest BCUT2D eigenvalue weighted by atomic mass is 10.1. The predicted octanol–water partition coefficient (Wildman–Crippen LogP) is 4.64. The van der Waals surface area contributed by atoms with Gasteiger partial charge in [0.25, 0.3) is 0 Å². The van der Waals surface area contributed by atoms with Crippen molar-refractivity contribution >= 4 is 28.6 Å². The number of benzene rings is 2. The summed E-state index contributed by atoms with van der Waals surface area (Å²) in [6.07, 6.45) is 6.21. The maximum absolute atomic E-state index is 11.6. The lowest BCUT2D eigenvalue weighted by Gasteiger charge is -2.16. The largest absolute Gasteiger partial charge is 0.508 e. The van der Waals surface area contributed by atoms with Crippen LogP contribution in [0.25, 0.3) is 22.2 Å². The molecule has 180 valence electrons. The zero-order chi connectivity index (χ0) is 24.4. The molecule has 5 rings (SSSR count). The summed E-state index contributed by atoms with van der Waals surface area (Å²) >= 11 is 0. The fraction of sp³-hybridized carbons (Fsp3) is 0.269. The fourth-order valence-electron chi connectivity index (χ4n) is 4.44. The molecule has 4 aromatic rings. The molecule has 0 bridgehead atoms. The van der Waals surface area contributed by atoms with Gasteiger partial charge in [0.05, 0.1) is 12.0 Å². The summed E-state index contributed by atoms with van der Waals surface area (Å²) in [7, 11) is 1.58. The van der Waals surface area contributed by atoms with Crippen molar-refractivity contribution in [2.24, 2.45) is 5.73 Å². The van der Waals surface area contributed by atoms with E-state index in [2.05, 4.69) is 15.3 Å². The minimum Gasteiger partial charge on any atom is -0.508 e. The Labute approximate surface area is 202 Å². The van der Waals surface area contributed by atoms with E-state index in [1.807, 2.05) is 18.3 Å². The average molecular weight is 474 g/mol. The van der Waals surface area contributed by atoms with E-state index in [0.29, 0.717) is 28.7 Å². The van der Waals surface area contributed by atoms with E-state index in [0.717, 1.165) is 47.8 Å². The van der Waals surface area contributed by atoms with Gasteiger partial charge in [0.2, 0.25) is 17.7 Å². The fourth-order valence-corrected chi connectivity index (χ4v) is 4.44. The summed E-state index contributed by atoms with van der Waals surface area (Å²) in [6, 6.07) is 12.1. The van der Waals surface area contributed by atoms with Crippen LogP contribution in [0.1, 0.15) is 41.6 Å². The number of phenolic OH excluding ortho intramolecular Hbond substituents is 1. The van der Waals surface area contributed by atoms with Crippen LogP contribution < -0.4 is 15.8 Å². The number of methoxy groups -OCH3 is 1. The monoisotopic (exact) mass is 473 g/mol. The molecule has 1 fully saturated rings. The number of phenols is 1. The molecule has 2 aromatic carbocycles. The molecule has 0 unspecified atom stereocenters. The number of nitrogens with zero attached hydrogens (tertiary/aromatic N) is 2. The second kappa shape index (κ2) is 9.63. The smallest absolute Gasteiger partial charge is 0.248 e. The molecule has 0 radical (unpaired) electrons. The Morgan fingerprint density at radius 1 is 1.17 bits per heavy atom. The number of nitrogens with one attached hydrogen (secondary N) is 2. The van der Waals surface area contributed by atoms with E-state index in [4.69, 9.17) is 20.2 Å². The Balaban J connectivity index is 1.57. The van der Waals surface area contributed by atoms with Crippen molar-refractivity contribution < 1.29 is 19.4 Å². The highest BCUT2D eigenvalue weighted by atomic mass is 16.5. The topological polar surface area (TPSA) is 135 Å². The molecule has 1 amide bonds. The van der Waals surface area contributed by atoms with Crippen LogP contribution in [0, 0.1) is 0 Å². The van der Waals surface area contributed by atoms with Gasteiger partial charge in [-0.05, 0) is 61.6 Å². The summed E-state index contributed by atoms with van der Waals surface area (Å²) in [5, 5.41) is 13.7.